The van der Waals surface area contributed by atoms with E-state index in [0.29, 0.717) is 5.92 Å². The maximum absolute atomic E-state index is 12.5. The van der Waals surface area contributed by atoms with Gasteiger partial charge in [-0.3, -0.25) is 10.1 Å². The number of benzene rings is 1. The summed E-state index contributed by atoms with van der Waals surface area (Å²) in [7, 11) is 0. The van der Waals surface area contributed by atoms with Crippen LogP contribution in [0.1, 0.15) is 39.7 Å². The molecule has 1 saturated heterocycles. The summed E-state index contributed by atoms with van der Waals surface area (Å²) in [6, 6.07) is 10.6. The van der Waals surface area contributed by atoms with Gasteiger partial charge in [-0.05, 0) is 38.2 Å². The molecule has 0 saturated carbocycles. The molecule has 0 spiro atoms. The van der Waals surface area contributed by atoms with Gasteiger partial charge in [0.25, 0.3) is 0 Å². The molecule has 20 heavy (non-hydrogen) atoms. The third-order valence-corrected chi connectivity index (χ3v) is 4.38. The topological polar surface area (TPSA) is 32.3 Å². The van der Waals surface area contributed by atoms with Crippen molar-refractivity contribution in [3.05, 3.63) is 35.9 Å². The molecule has 2 rings (SSSR count). The highest BCUT2D eigenvalue weighted by molar-refractivity contribution is 5.84. The normalized spacial score (nSPS) is 24.4. The maximum Gasteiger partial charge on any atom is 0.241 e. The summed E-state index contributed by atoms with van der Waals surface area (Å²) >= 11 is 0. The largest absolute Gasteiger partial charge is 0.323 e. The van der Waals surface area contributed by atoms with Crippen LogP contribution in [0.2, 0.25) is 0 Å². The molecule has 0 aliphatic carbocycles. The minimum atomic E-state index is -0.0357. The number of carbonyl (C=O) groups is 1. The van der Waals surface area contributed by atoms with Crippen LogP contribution in [0.15, 0.2) is 30.3 Å². The van der Waals surface area contributed by atoms with Gasteiger partial charge >= 0.3 is 0 Å². The van der Waals surface area contributed by atoms with Crippen LogP contribution < -0.4 is 5.32 Å². The second-order valence-electron chi connectivity index (χ2n) is 6.15. The molecule has 3 nitrogen and oxygen atoms in total. The Labute approximate surface area is 122 Å². The van der Waals surface area contributed by atoms with Gasteiger partial charge in [-0.15, -0.1) is 0 Å². The lowest BCUT2D eigenvalue weighted by Crippen LogP contribution is -2.44. The average molecular weight is 274 g/mol. The molecular formula is C17H26N2O. The van der Waals surface area contributed by atoms with Gasteiger partial charge in [0.05, 0.1) is 12.2 Å². The highest BCUT2D eigenvalue weighted by atomic mass is 16.2. The van der Waals surface area contributed by atoms with E-state index in [0.717, 1.165) is 12.8 Å². The zero-order valence-electron chi connectivity index (χ0n) is 13.0. The Morgan fingerprint density at radius 1 is 1.20 bits per heavy atom. The minimum Gasteiger partial charge on any atom is -0.323 e. The Bertz CT molecular complexity index is 444. The van der Waals surface area contributed by atoms with Crippen molar-refractivity contribution in [2.75, 3.05) is 0 Å². The molecule has 1 heterocycles. The van der Waals surface area contributed by atoms with Crippen molar-refractivity contribution in [3.8, 4) is 0 Å². The van der Waals surface area contributed by atoms with Crippen molar-refractivity contribution in [3.63, 3.8) is 0 Å². The number of carbonyl (C=O) groups excluding carboxylic acids is 1. The fourth-order valence-electron chi connectivity index (χ4n) is 2.85. The molecule has 1 N–H and O–H groups in total. The third kappa shape index (κ3) is 3.21. The number of rotatable bonds is 5. The van der Waals surface area contributed by atoms with Gasteiger partial charge in [-0.2, -0.15) is 0 Å². The molecule has 3 atom stereocenters. The second kappa shape index (κ2) is 6.40. The molecule has 3 heteroatoms. The zero-order valence-corrected chi connectivity index (χ0v) is 13.0. The molecule has 0 bridgehead atoms. The van der Waals surface area contributed by atoms with Crippen molar-refractivity contribution in [2.24, 2.45) is 5.92 Å². The van der Waals surface area contributed by atoms with Gasteiger partial charge in [0.15, 0.2) is 0 Å². The van der Waals surface area contributed by atoms with E-state index in [-0.39, 0.29) is 24.2 Å². The highest BCUT2D eigenvalue weighted by Crippen LogP contribution is 2.21. The molecule has 1 aliphatic heterocycles. The predicted molar refractivity (Wildman–Crippen MR) is 82.3 cm³/mol. The maximum atomic E-state index is 12.5. The van der Waals surface area contributed by atoms with E-state index in [2.05, 4.69) is 57.3 Å². The van der Waals surface area contributed by atoms with Crippen LogP contribution in [-0.2, 0) is 11.2 Å². The monoisotopic (exact) mass is 274 g/mol. The van der Waals surface area contributed by atoms with E-state index >= 15 is 0 Å². The highest BCUT2D eigenvalue weighted by Gasteiger charge is 2.39. The molecule has 3 unspecified atom stereocenters. The van der Waals surface area contributed by atoms with Crippen molar-refractivity contribution in [1.29, 1.82) is 0 Å². The SMILES string of the molecule is CC(C)C(C)N1C(=O)C(CCc2ccccc2)NC1C. The summed E-state index contributed by atoms with van der Waals surface area (Å²) in [4.78, 5) is 14.6. The van der Waals surface area contributed by atoms with E-state index < -0.39 is 0 Å². The summed E-state index contributed by atoms with van der Waals surface area (Å²) in [5, 5.41) is 3.44. The quantitative estimate of drug-likeness (QED) is 0.895. The summed E-state index contributed by atoms with van der Waals surface area (Å²) in [5.74, 6) is 0.741. The number of hydrogen-bond acceptors (Lipinski definition) is 2. The van der Waals surface area contributed by atoms with Crippen molar-refractivity contribution >= 4 is 5.91 Å². The first kappa shape index (κ1) is 15.0. The van der Waals surface area contributed by atoms with Gasteiger partial charge < -0.3 is 4.90 Å². The molecule has 1 aromatic rings. The molecule has 0 aromatic heterocycles. The summed E-state index contributed by atoms with van der Waals surface area (Å²) in [5.41, 5.74) is 1.30. The number of nitrogens with zero attached hydrogens (tertiary/aromatic N) is 1. The average Bonchev–Trinajstić information content (AvgIpc) is 2.71. The molecule has 1 amide bonds. The van der Waals surface area contributed by atoms with Crippen LogP contribution in [0.4, 0.5) is 0 Å². The molecule has 1 aliphatic rings. The van der Waals surface area contributed by atoms with E-state index in [1.54, 1.807) is 0 Å². The molecule has 110 valence electrons. The Balaban J connectivity index is 1.96. The molecule has 1 aromatic carbocycles. The van der Waals surface area contributed by atoms with E-state index in [4.69, 9.17) is 0 Å². The first-order valence-corrected chi connectivity index (χ1v) is 7.63. The van der Waals surface area contributed by atoms with E-state index in [1.165, 1.54) is 5.56 Å². The van der Waals surface area contributed by atoms with Gasteiger partial charge in [0.1, 0.15) is 0 Å². The summed E-state index contributed by atoms with van der Waals surface area (Å²) in [6.45, 7) is 8.56. The van der Waals surface area contributed by atoms with Crippen molar-refractivity contribution in [2.45, 2.75) is 58.8 Å². The fourth-order valence-corrected chi connectivity index (χ4v) is 2.85. The molecule has 1 fully saturated rings. The van der Waals surface area contributed by atoms with Crippen LogP contribution >= 0.6 is 0 Å². The Morgan fingerprint density at radius 3 is 2.45 bits per heavy atom. The van der Waals surface area contributed by atoms with Gasteiger partial charge in [-0.25, -0.2) is 0 Å². The molecular weight excluding hydrogens is 248 g/mol. The Kier molecular flexibility index (Phi) is 4.81. The van der Waals surface area contributed by atoms with Crippen LogP contribution in [0, 0.1) is 5.92 Å². The van der Waals surface area contributed by atoms with Gasteiger partial charge in [0.2, 0.25) is 5.91 Å². The van der Waals surface area contributed by atoms with Crippen LogP contribution in [0.5, 0.6) is 0 Å². The molecule has 0 radical (unpaired) electrons. The number of nitrogens with one attached hydrogen (secondary N) is 1. The number of aryl methyl sites for hydroxylation is 1. The summed E-state index contributed by atoms with van der Waals surface area (Å²) in [6.07, 6.45) is 1.95. The predicted octanol–water partition coefficient (Wildman–Crippen LogP) is 2.81. The number of hydrogen-bond donors (Lipinski definition) is 1. The first-order chi connectivity index (χ1) is 9.50. The fraction of sp³-hybridized carbons (Fsp3) is 0.588. The standard InChI is InChI=1S/C17H26N2O/c1-12(2)13(3)19-14(4)18-16(17(19)20)11-10-15-8-6-5-7-9-15/h5-9,12-14,16,18H,10-11H2,1-4H3. The second-order valence-corrected chi connectivity index (χ2v) is 6.15. The van der Waals surface area contributed by atoms with Crippen LogP contribution in [-0.4, -0.2) is 29.1 Å². The first-order valence-electron chi connectivity index (χ1n) is 7.63. The van der Waals surface area contributed by atoms with Crippen molar-refractivity contribution in [1.82, 2.24) is 10.2 Å². The van der Waals surface area contributed by atoms with Gasteiger partial charge in [0, 0.05) is 6.04 Å². The minimum absolute atomic E-state index is 0.0357. The smallest absolute Gasteiger partial charge is 0.241 e. The Morgan fingerprint density at radius 2 is 1.85 bits per heavy atom. The van der Waals surface area contributed by atoms with E-state index in [1.807, 2.05) is 11.0 Å². The lowest BCUT2D eigenvalue weighted by atomic mass is 10.0. The van der Waals surface area contributed by atoms with Crippen LogP contribution in [0.25, 0.3) is 0 Å². The van der Waals surface area contributed by atoms with Gasteiger partial charge in [-0.1, -0.05) is 44.2 Å². The third-order valence-electron chi connectivity index (χ3n) is 4.38. The number of amides is 1. The summed E-state index contributed by atoms with van der Waals surface area (Å²) < 4.78 is 0. The van der Waals surface area contributed by atoms with E-state index in [9.17, 15) is 4.79 Å². The lowest BCUT2D eigenvalue weighted by Gasteiger charge is -2.31. The van der Waals surface area contributed by atoms with Crippen LogP contribution in [0.3, 0.4) is 0 Å². The Hall–Kier alpha value is -1.35. The lowest BCUT2D eigenvalue weighted by molar-refractivity contribution is -0.132. The zero-order chi connectivity index (χ0) is 14.7. The van der Waals surface area contributed by atoms with Crippen molar-refractivity contribution < 1.29 is 4.79 Å².